The molecule has 19 heavy (non-hydrogen) atoms. The number of nitrogens with one attached hydrogen (secondary N) is 1. The molecule has 104 valence electrons. The zero-order valence-corrected chi connectivity index (χ0v) is 11.3. The number of aromatic nitrogens is 1. The number of carbonyl (C=O) groups excluding carboxylic acids is 1. The normalized spacial score (nSPS) is 14.2. The van der Waals surface area contributed by atoms with E-state index in [0.29, 0.717) is 32.0 Å². The second-order valence-electron chi connectivity index (χ2n) is 4.88. The van der Waals surface area contributed by atoms with Crippen LogP contribution in [-0.4, -0.2) is 30.1 Å². The van der Waals surface area contributed by atoms with E-state index in [0.717, 1.165) is 30.0 Å². The van der Waals surface area contributed by atoms with Gasteiger partial charge in [0.2, 0.25) is 5.91 Å². The third-order valence-corrected chi connectivity index (χ3v) is 2.98. The minimum atomic E-state index is 0.0583. The Hall–Kier alpha value is -1.62. The number of rotatable bonds is 7. The van der Waals surface area contributed by atoms with Gasteiger partial charge in [-0.1, -0.05) is 0 Å². The van der Waals surface area contributed by atoms with Crippen molar-refractivity contribution in [3.05, 3.63) is 23.5 Å². The number of amides is 1. The first-order valence-electron chi connectivity index (χ1n) is 6.78. The second-order valence-corrected chi connectivity index (χ2v) is 4.88. The Morgan fingerprint density at radius 3 is 3.00 bits per heavy atom. The van der Waals surface area contributed by atoms with Gasteiger partial charge in [-0.15, -0.1) is 0 Å². The molecule has 0 saturated heterocycles. The molecule has 1 aliphatic carbocycles. The number of aryl methyl sites for hydroxylation is 1. The summed E-state index contributed by atoms with van der Waals surface area (Å²) in [6.45, 7) is 2.85. The molecular weight excluding hydrogens is 242 g/mol. The van der Waals surface area contributed by atoms with Crippen molar-refractivity contribution in [1.29, 1.82) is 0 Å². The van der Waals surface area contributed by atoms with Crippen molar-refractivity contribution in [2.45, 2.75) is 38.6 Å². The molecule has 2 rings (SSSR count). The first-order valence-corrected chi connectivity index (χ1v) is 6.78. The van der Waals surface area contributed by atoms with Crippen LogP contribution >= 0.6 is 0 Å². The molecule has 1 aromatic rings. The Labute approximate surface area is 113 Å². The van der Waals surface area contributed by atoms with Crippen LogP contribution in [0, 0.1) is 6.92 Å². The maximum atomic E-state index is 11.5. The van der Waals surface area contributed by atoms with Crippen LogP contribution in [0.15, 0.2) is 12.1 Å². The van der Waals surface area contributed by atoms with E-state index in [9.17, 15) is 4.79 Å². The number of carbonyl (C=O) groups is 1. The lowest BCUT2D eigenvalue weighted by atomic mass is 10.2. The van der Waals surface area contributed by atoms with Crippen molar-refractivity contribution in [2.75, 3.05) is 13.2 Å². The molecule has 0 unspecified atom stereocenters. The molecule has 0 spiro atoms. The van der Waals surface area contributed by atoms with E-state index in [2.05, 4.69) is 10.3 Å². The minimum absolute atomic E-state index is 0.0583. The second kappa shape index (κ2) is 6.52. The molecule has 0 bridgehead atoms. The van der Waals surface area contributed by atoms with Crippen LogP contribution < -0.4 is 15.8 Å². The zero-order chi connectivity index (χ0) is 13.7. The number of ether oxygens (including phenoxy) is 1. The summed E-state index contributed by atoms with van der Waals surface area (Å²) in [6, 6.07) is 4.20. The fourth-order valence-corrected chi connectivity index (χ4v) is 1.83. The highest BCUT2D eigenvalue weighted by molar-refractivity contribution is 5.76. The van der Waals surface area contributed by atoms with Crippen LogP contribution in [0.3, 0.4) is 0 Å². The van der Waals surface area contributed by atoms with Crippen LogP contribution in [0.4, 0.5) is 0 Å². The van der Waals surface area contributed by atoms with Gasteiger partial charge in [0.05, 0.1) is 18.7 Å². The molecule has 0 atom stereocenters. The Morgan fingerprint density at radius 1 is 1.53 bits per heavy atom. The predicted molar refractivity (Wildman–Crippen MR) is 73.0 cm³/mol. The average molecular weight is 263 g/mol. The summed E-state index contributed by atoms with van der Waals surface area (Å²) >= 11 is 0. The molecule has 1 fully saturated rings. The molecule has 1 aliphatic rings. The summed E-state index contributed by atoms with van der Waals surface area (Å²) in [5.41, 5.74) is 7.37. The SMILES string of the molecule is Cc1ccc(OCCC(=O)NC2CC2)c(CCN)n1. The smallest absolute Gasteiger partial charge is 0.223 e. The molecule has 1 aromatic heterocycles. The summed E-state index contributed by atoms with van der Waals surface area (Å²) in [5, 5.41) is 2.93. The van der Waals surface area contributed by atoms with Crippen LogP contribution in [0.1, 0.15) is 30.7 Å². The quantitative estimate of drug-likeness (QED) is 0.767. The Kier molecular flexibility index (Phi) is 4.74. The fourth-order valence-electron chi connectivity index (χ4n) is 1.83. The minimum Gasteiger partial charge on any atom is -0.491 e. The van der Waals surface area contributed by atoms with Gasteiger partial charge >= 0.3 is 0 Å². The van der Waals surface area contributed by atoms with Crippen LogP contribution in [0.2, 0.25) is 0 Å². The van der Waals surface area contributed by atoms with E-state index in [1.54, 1.807) is 0 Å². The third kappa shape index (κ3) is 4.52. The average Bonchev–Trinajstić information content (AvgIpc) is 3.16. The maximum absolute atomic E-state index is 11.5. The predicted octanol–water partition coefficient (Wildman–Crippen LogP) is 0.939. The first-order chi connectivity index (χ1) is 9.19. The van der Waals surface area contributed by atoms with Gasteiger partial charge in [0.25, 0.3) is 0 Å². The highest BCUT2D eigenvalue weighted by Gasteiger charge is 2.22. The summed E-state index contributed by atoms with van der Waals surface area (Å²) in [5.74, 6) is 0.790. The number of hydrogen-bond acceptors (Lipinski definition) is 4. The monoisotopic (exact) mass is 263 g/mol. The highest BCUT2D eigenvalue weighted by atomic mass is 16.5. The summed E-state index contributed by atoms with van der Waals surface area (Å²) in [4.78, 5) is 15.9. The van der Waals surface area contributed by atoms with E-state index in [4.69, 9.17) is 10.5 Å². The van der Waals surface area contributed by atoms with Gasteiger partial charge in [0, 0.05) is 18.2 Å². The van der Waals surface area contributed by atoms with Gasteiger partial charge in [-0.25, -0.2) is 0 Å². The fraction of sp³-hybridized carbons (Fsp3) is 0.571. The van der Waals surface area contributed by atoms with E-state index < -0.39 is 0 Å². The zero-order valence-electron chi connectivity index (χ0n) is 11.3. The van der Waals surface area contributed by atoms with Crippen LogP contribution in [-0.2, 0) is 11.2 Å². The molecule has 1 saturated carbocycles. The Balaban J connectivity index is 1.82. The van der Waals surface area contributed by atoms with Gasteiger partial charge in [-0.3, -0.25) is 9.78 Å². The van der Waals surface area contributed by atoms with Gasteiger partial charge in [-0.2, -0.15) is 0 Å². The number of nitrogens with two attached hydrogens (primary N) is 1. The van der Waals surface area contributed by atoms with Gasteiger partial charge in [0.15, 0.2) is 0 Å². The van der Waals surface area contributed by atoms with Crippen LogP contribution in [0.5, 0.6) is 5.75 Å². The van der Waals surface area contributed by atoms with E-state index in [1.807, 2.05) is 19.1 Å². The maximum Gasteiger partial charge on any atom is 0.223 e. The molecule has 0 aliphatic heterocycles. The van der Waals surface area contributed by atoms with Crippen molar-refractivity contribution in [3.63, 3.8) is 0 Å². The molecule has 0 aromatic carbocycles. The van der Waals surface area contributed by atoms with E-state index in [-0.39, 0.29) is 5.91 Å². The molecule has 0 radical (unpaired) electrons. The largest absolute Gasteiger partial charge is 0.491 e. The topological polar surface area (TPSA) is 77.2 Å². The molecular formula is C14H21N3O2. The summed E-state index contributed by atoms with van der Waals surface area (Å²) < 4.78 is 5.64. The first kappa shape index (κ1) is 13.8. The van der Waals surface area contributed by atoms with Crippen molar-refractivity contribution >= 4 is 5.91 Å². The van der Waals surface area contributed by atoms with Crippen molar-refractivity contribution in [2.24, 2.45) is 5.73 Å². The number of pyridine rings is 1. The van der Waals surface area contributed by atoms with Crippen molar-refractivity contribution < 1.29 is 9.53 Å². The van der Waals surface area contributed by atoms with Gasteiger partial charge < -0.3 is 15.8 Å². The molecule has 1 amide bonds. The summed E-state index contributed by atoms with van der Waals surface area (Å²) in [6.07, 6.45) is 3.28. The summed E-state index contributed by atoms with van der Waals surface area (Å²) in [7, 11) is 0. The lowest BCUT2D eigenvalue weighted by Crippen LogP contribution is -2.26. The molecule has 5 heteroatoms. The lowest BCUT2D eigenvalue weighted by molar-refractivity contribution is -0.121. The van der Waals surface area contributed by atoms with Crippen molar-refractivity contribution in [1.82, 2.24) is 10.3 Å². The van der Waals surface area contributed by atoms with Crippen LogP contribution in [0.25, 0.3) is 0 Å². The number of nitrogens with zero attached hydrogens (tertiary/aromatic N) is 1. The van der Waals surface area contributed by atoms with Gasteiger partial charge in [0.1, 0.15) is 5.75 Å². The molecule has 3 N–H and O–H groups in total. The lowest BCUT2D eigenvalue weighted by Gasteiger charge is -2.11. The highest BCUT2D eigenvalue weighted by Crippen LogP contribution is 2.19. The standard InChI is InChI=1S/C14H21N3O2/c1-10-2-5-13(12(16-10)6-8-15)19-9-7-14(18)17-11-3-4-11/h2,5,11H,3-4,6-9,15H2,1H3,(H,17,18). The van der Waals surface area contributed by atoms with E-state index >= 15 is 0 Å². The number of hydrogen-bond donors (Lipinski definition) is 2. The Morgan fingerprint density at radius 2 is 2.32 bits per heavy atom. The molecule has 5 nitrogen and oxygen atoms in total. The Bertz CT molecular complexity index is 444. The van der Waals surface area contributed by atoms with Gasteiger partial charge in [-0.05, 0) is 38.4 Å². The van der Waals surface area contributed by atoms with Crippen molar-refractivity contribution in [3.8, 4) is 5.75 Å². The van der Waals surface area contributed by atoms with E-state index in [1.165, 1.54) is 0 Å². The third-order valence-electron chi connectivity index (χ3n) is 2.98. The molecule has 1 heterocycles.